The van der Waals surface area contributed by atoms with E-state index in [2.05, 4.69) is 53.2 Å². The van der Waals surface area contributed by atoms with Gasteiger partial charge in [0.2, 0.25) is 5.91 Å². The molecule has 1 aliphatic heterocycles. The summed E-state index contributed by atoms with van der Waals surface area (Å²) in [5, 5.41) is 8.16. The van der Waals surface area contributed by atoms with E-state index in [1.165, 1.54) is 5.56 Å². The van der Waals surface area contributed by atoms with E-state index in [4.69, 9.17) is 0 Å². The van der Waals surface area contributed by atoms with Gasteiger partial charge in [-0.05, 0) is 48.9 Å². The highest BCUT2D eigenvalue weighted by molar-refractivity contribution is 5.83. The summed E-state index contributed by atoms with van der Waals surface area (Å²) in [7, 11) is 0. The minimum Gasteiger partial charge on any atom is -0.353 e. The number of nitrogens with zero attached hydrogens (tertiary/aromatic N) is 4. The zero-order chi connectivity index (χ0) is 19.2. The predicted octanol–water partition coefficient (Wildman–Crippen LogP) is 3.52. The molecule has 27 heavy (non-hydrogen) atoms. The summed E-state index contributed by atoms with van der Waals surface area (Å²) in [4.78, 5) is 17.3. The normalized spacial score (nSPS) is 16.3. The molecule has 2 heterocycles. The minimum absolute atomic E-state index is 0.110. The Hall–Kier alpha value is -2.43. The average Bonchev–Trinajstić information content (AvgIpc) is 2.94. The number of rotatable bonds is 5. The third kappa shape index (κ3) is 5.06. The molecular weight excluding hydrogens is 336 g/mol. The molecule has 2 aromatic rings. The second-order valence-electron chi connectivity index (χ2n) is 7.81. The van der Waals surface area contributed by atoms with Crippen LogP contribution in [0.4, 0.5) is 5.82 Å². The number of benzene rings is 1. The number of carbonyl (C=O) groups is 1. The summed E-state index contributed by atoms with van der Waals surface area (Å²) in [5.74, 6) is 1.64. The van der Waals surface area contributed by atoms with Gasteiger partial charge in [0.05, 0.1) is 5.92 Å². The summed E-state index contributed by atoms with van der Waals surface area (Å²) in [5.41, 5.74) is 2.44. The molecule has 0 radical (unpaired) electrons. The van der Waals surface area contributed by atoms with Crippen LogP contribution < -0.4 is 4.90 Å². The van der Waals surface area contributed by atoms with E-state index >= 15 is 0 Å². The van der Waals surface area contributed by atoms with Crippen LogP contribution in [0.25, 0.3) is 0 Å². The summed E-state index contributed by atoms with van der Waals surface area (Å²) in [6.45, 7) is 9.69. The zero-order valence-electron chi connectivity index (χ0n) is 16.6. The van der Waals surface area contributed by atoms with Crippen LogP contribution in [-0.4, -0.2) is 47.2 Å². The zero-order valence-corrected chi connectivity index (χ0v) is 16.6. The summed E-state index contributed by atoms with van der Waals surface area (Å²) in [6, 6.07) is 12.4. The van der Waals surface area contributed by atoms with E-state index in [9.17, 15) is 4.79 Å². The Morgan fingerprint density at radius 2 is 1.81 bits per heavy atom. The lowest BCUT2D eigenvalue weighted by Crippen LogP contribution is -2.37. The third-order valence-corrected chi connectivity index (χ3v) is 5.18. The molecule has 5 heteroatoms. The van der Waals surface area contributed by atoms with Crippen LogP contribution >= 0.6 is 0 Å². The molecule has 1 aromatic carbocycles. The van der Waals surface area contributed by atoms with Crippen molar-refractivity contribution in [2.24, 2.45) is 5.92 Å². The lowest BCUT2D eigenvalue weighted by atomic mass is 9.96. The molecule has 3 rings (SSSR count). The molecule has 1 fully saturated rings. The third-order valence-electron chi connectivity index (χ3n) is 5.18. The van der Waals surface area contributed by atoms with Gasteiger partial charge in [-0.1, -0.05) is 38.1 Å². The van der Waals surface area contributed by atoms with E-state index < -0.39 is 0 Å². The molecule has 0 aliphatic carbocycles. The molecule has 0 bridgehead atoms. The Bertz CT molecular complexity index is 730. The predicted molar refractivity (Wildman–Crippen MR) is 109 cm³/mol. The lowest BCUT2D eigenvalue weighted by Gasteiger charge is -2.25. The first-order chi connectivity index (χ1) is 13.0. The molecular formula is C22H30N4O. The van der Waals surface area contributed by atoms with Crippen molar-refractivity contribution in [3.8, 4) is 0 Å². The van der Waals surface area contributed by atoms with Gasteiger partial charge >= 0.3 is 0 Å². The van der Waals surface area contributed by atoms with Gasteiger partial charge in [-0.3, -0.25) is 4.79 Å². The molecule has 1 aromatic heterocycles. The first-order valence-corrected chi connectivity index (χ1v) is 9.95. The Balaban J connectivity index is 1.61. The van der Waals surface area contributed by atoms with Gasteiger partial charge < -0.3 is 9.80 Å². The molecule has 0 unspecified atom stereocenters. The number of hydrogen-bond acceptors (Lipinski definition) is 4. The quantitative estimate of drug-likeness (QED) is 0.812. The van der Waals surface area contributed by atoms with E-state index in [-0.39, 0.29) is 11.8 Å². The first kappa shape index (κ1) is 19.3. The van der Waals surface area contributed by atoms with Crippen molar-refractivity contribution in [1.82, 2.24) is 15.1 Å². The molecule has 1 amide bonds. The molecule has 5 nitrogen and oxygen atoms in total. The fraction of sp³-hybridized carbons (Fsp3) is 0.500. The molecule has 1 saturated heterocycles. The second-order valence-corrected chi connectivity index (χ2v) is 7.81. The maximum atomic E-state index is 13.0. The minimum atomic E-state index is -0.110. The Kier molecular flexibility index (Phi) is 6.43. The van der Waals surface area contributed by atoms with Gasteiger partial charge in [-0.2, -0.15) is 5.10 Å². The highest BCUT2D eigenvalue weighted by Gasteiger charge is 2.24. The molecule has 0 N–H and O–H groups in total. The van der Waals surface area contributed by atoms with Crippen molar-refractivity contribution in [3.05, 3.63) is 53.7 Å². The molecule has 1 atom stereocenters. The molecule has 1 aliphatic rings. The van der Waals surface area contributed by atoms with Gasteiger partial charge in [0.25, 0.3) is 0 Å². The molecule has 0 saturated carbocycles. The van der Waals surface area contributed by atoms with Gasteiger partial charge in [0, 0.05) is 32.4 Å². The summed E-state index contributed by atoms with van der Waals surface area (Å²) >= 11 is 0. The number of aromatic nitrogens is 2. The Morgan fingerprint density at radius 1 is 1.04 bits per heavy atom. The topological polar surface area (TPSA) is 49.3 Å². The number of hydrogen-bond donors (Lipinski definition) is 0. The largest absolute Gasteiger partial charge is 0.353 e. The number of carbonyl (C=O) groups excluding carboxylic acids is 1. The van der Waals surface area contributed by atoms with Crippen LogP contribution in [0.1, 0.15) is 44.2 Å². The fourth-order valence-corrected chi connectivity index (χ4v) is 3.66. The smallest absolute Gasteiger partial charge is 0.229 e. The monoisotopic (exact) mass is 366 g/mol. The van der Waals surface area contributed by atoms with Crippen LogP contribution in [0.15, 0.2) is 42.6 Å². The van der Waals surface area contributed by atoms with Gasteiger partial charge in [0.15, 0.2) is 5.82 Å². The van der Waals surface area contributed by atoms with Crippen molar-refractivity contribution in [2.45, 2.75) is 39.5 Å². The van der Waals surface area contributed by atoms with Crippen molar-refractivity contribution in [1.29, 1.82) is 0 Å². The van der Waals surface area contributed by atoms with Crippen molar-refractivity contribution < 1.29 is 4.79 Å². The van der Waals surface area contributed by atoms with Crippen LogP contribution in [0, 0.1) is 5.92 Å². The maximum Gasteiger partial charge on any atom is 0.229 e. The molecule has 0 spiro atoms. The standard InChI is InChI=1S/C22H30N4O/c1-17(2)16-19-7-9-20(10-8-19)18(3)22(27)26-13-5-12-25(14-15-26)21-6-4-11-23-24-21/h4,6-11,17-18H,5,12-16H2,1-3H3/t18-/m0/s1. The van der Waals surface area contributed by atoms with Crippen LogP contribution in [0.2, 0.25) is 0 Å². The highest BCUT2D eigenvalue weighted by Crippen LogP contribution is 2.21. The van der Waals surface area contributed by atoms with Crippen LogP contribution in [0.5, 0.6) is 0 Å². The summed E-state index contributed by atoms with van der Waals surface area (Å²) in [6.07, 6.45) is 3.71. The van der Waals surface area contributed by atoms with Crippen LogP contribution in [0.3, 0.4) is 0 Å². The fourth-order valence-electron chi connectivity index (χ4n) is 3.66. The lowest BCUT2D eigenvalue weighted by molar-refractivity contribution is -0.132. The number of anilines is 1. The van der Waals surface area contributed by atoms with E-state index in [0.717, 1.165) is 50.4 Å². The van der Waals surface area contributed by atoms with E-state index in [1.54, 1.807) is 6.20 Å². The van der Waals surface area contributed by atoms with Crippen LogP contribution in [-0.2, 0) is 11.2 Å². The van der Waals surface area contributed by atoms with Gasteiger partial charge in [-0.25, -0.2) is 0 Å². The summed E-state index contributed by atoms with van der Waals surface area (Å²) < 4.78 is 0. The number of amides is 1. The van der Waals surface area contributed by atoms with E-state index in [0.29, 0.717) is 5.92 Å². The Morgan fingerprint density at radius 3 is 2.48 bits per heavy atom. The van der Waals surface area contributed by atoms with Crippen molar-refractivity contribution in [2.75, 3.05) is 31.1 Å². The average molecular weight is 367 g/mol. The van der Waals surface area contributed by atoms with Gasteiger partial charge in [0.1, 0.15) is 0 Å². The maximum absolute atomic E-state index is 13.0. The highest BCUT2D eigenvalue weighted by atomic mass is 16.2. The SMILES string of the molecule is CC(C)Cc1ccc([C@H](C)C(=O)N2CCCN(c3cccnn3)CC2)cc1. The van der Waals surface area contributed by atoms with E-state index in [1.807, 2.05) is 24.0 Å². The Labute approximate surface area is 162 Å². The molecule has 144 valence electrons. The van der Waals surface area contributed by atoms with Crippen molar-refractivity contribution >= 4 is 11.7 Å². The second kappa shape index (κ2) is 8.98. The first-order valence-electron chi connectivity index (χ1n) is 9.95. The van der Waals surface area contributed by atoms with Gasteiger partial charge in [-0.15, -0.1) is 5.10 Å². The van der Waals surface area contributed by atoms with Crippen molar-refractivity contribution in [3.63, 3.8) is 0 Å².